The predicted molar refractivity (Wildman–Crippen MR) is 316 cm³/mol. The second kappa shape index (κ2) is 61.7. The smallest absolute Gasteiger partial charge is 0.306 e. The first kappa shape index (κ1) is 70.1. The highest BCUT2D eigenvalue weighted by Crippen LogP contribution is 2.17. The third-order valence-electron chi connectivity index (χ3n) is 14.0. The summed E-state index contributed by atoms with van der Waals surface area (Å²) in [6.07, 6.45) is 78.0. The second-order valence-electron chi connectivity index (χ2n) is 21.3. The maximum absolute atomic E-state index is 12.9. The summed E-state index contributed by atoms with van der Waals surface area (Å²) in [7, 11) is 0. The monoisotopic (exact) mass is 1020 g/mol. The number of carbonyl (C=O) groups excluding carboxylic acids is 3. The van der Waals surface area contributed by atoms with Crippen LogP contribution < -0.4 is 0 Å². The van der Waals surface area contributed by atoms with E-state index in [1.165, 1.54) is 193 Å². The van der Waals surface area contributed by atoms with Crippen LogP contribution in [0, 0.1) is 0 Å². The van der Waals surface area contributed by atoms with Crippen LogP contribution in [0.5, 0.6) is 0 Å². The average Bonchev–Trinajstić information content (AvgIpc) is 3.39. The Morgan fingerprint density at radius 2 is 0.534 bits per heavy atom. The largest absolute Gasteiger partial charge is 0.462 e. The zero-order valence-corrected chi connectivity index (χ0v) is 48.7. The van der Waals surface area contributed by atoms with Crippen LogP contribution in [0.2, 0.25) is 0 Å². The lowest BCUT2D eigenvalue weighted by molar-refractivity contribution is -0.167. The molecule has 0 aromatic heterocycles. The Kier molecular flexibility index (Phi) is 59.2. The van der Waals surface area contributed by atoms with Gasteiger partial charge in [-0.05, 0) is 64.2 Å². The fourth-order valence-electron chi connectivity index (χ4n) is 9.30. The molecule has 0 fully saturated rings. The van der Waals surface area contributed by atoms with E-state index in [1.54, 1.807) is 0 Å². The van der Waals surface area contributed by atoms with Crippen LogP contribution in [0.1, 0.15) is 329 Å². The zero-order chi connectivity index (χ0) is 52.9. The van der Waals surface area contributed by atoms with Crippen LogP contribution >= 0.6 is 0 Å². The van der Waals surface area contributed by atoms with E-state index in [-0.39, 0.29) is 31.1 Å². The zero-order valence-electron chi connectivity index (χ0n) is 48.7. The Morgan fingerprint density at radius 3 is 0.836 bits per heavy atom. The van der Waals surface area contributed by atoms with Gasteiger partial charge in [0.15, 0.2) is 6.10 Å². The van der Waals surface area contributed by atoms with Crippen LogP contribution in [0.25, 0.3) is 0 Å². The van der Waals surface area contributed by atoms with Crippen molar-refractivity contribution < 1.29 is 28.6 Å². The minimum absolute atomic E-state index is 0.0802. The third-order valence-corrected chi connectivity index (χ3v) is 14.0. The molecule has 1 atom stereocenters. The number of hydrogen-bond donors (Lipinski definition) is 0. The molecule has 0 heterocycles. The molecule has 0 rings (SSSR count). The molecule has 0 unspecified atom stereocenters. The van der Waals surface area contributed by atoms with E-state index in [9.17, 15) is 14.4 Å². The van der Waals surface area contributed by atoms with Gasteiger partial charge in [0.05, 0.1) is 0 Å². The number of allylic oxidation sites excluding steroid dienone is 10. The normalized spacial score (nSPS) is 12.4. The van der Waals surface area contributed by atoms with Crippen molar-refractivity contribution in [2.24, 2.45) is 0 Å². The Bertz CT molecular complexity index is 1310. The molecule has 0 amide bonds. The van der Waals surface area contributed by atoms with Gasteiger partial charge in [-0.15, -0.1) is 0 Å². The van der Waals surface area contributed by atoms with Gasteiger partial charge in [-0.2, -0.15) is 0 Å². The van der Waals surface area contributed by atoms with Gasteiger partial charge in [0.25, 0.3) is 0 Å². The number of esters is 3. The molecule has 0 aromatic rings. The lowest BCUT2D eigenvalue weighted by Gasteiger charge is -2.18. The number of unbranched alkanes of at least 4 members (excludes halogenated alkanes) is 37. The molecule has 0 radical (unpaired) electrons. The molecule has 6 nitrogen and oxygen atoms in total. The number of rotatable bonds is 58. The van der Waals surface area contributed by atoms with E-state index < -0.39 is 6.10 Å². The summed E-state index contributed by atoms with van der Waals surface area (Å²) in [5.41, 5.74) is 0. The summed E-state index contributed by atoms with van der Waals surface area (Å²) in [6.45, 7) is 6.55. The molecule has 73 heavy (non-hydrogen) atoms. The van der Waals surface area contributed by atoms with Crippen molar-refractivity contribution in [3.05, 3.63) is 60.8 Å². The highest BCUT2D eigenvalue weighted by molar-refractivity contribution is 5.71. The predicted octanol–water partition coefficient (Wildman–Crippen LogP) is 21.6. The summed E-state index contributed by atoms with van der Waals surface area (Å²) in [5, 5.41) is 0. The van der Waals surface area contributed by atoms with Gasteiger partial charge in [0.1, 0.15) is 13.2 Å². The molecule has 0 N–H and O–H groups in total. The highest BCUT2D eigenvalue weighted by atomic mass is 16.6. The summed E-state index contributed by atoms with van der Waals surface area (Å²) in [6, 6.07) is 0. The van der Waals surface area contributed by atoms with Gasteiger partial charge in [-0.25, -0.2) is 0 Å². The van der Waals surface area contributed by atoms with Crippen molar-refractivity contribution >= 4 is 17.9 Å². The SMILES string of the molecule is CC/C=C\C/C=C\C/C=C\C/C=C\C/C=C\CCCCCC(=O)OC[C@H](COC(=O)CCCCCCCCCCCCCCCCC)OC(=O)CCCCCCCCCCCCCCCCCCCCCCC. The first-order valence-corrected chi connectivity index (χ1v) is 31.8. The molecule has 6 heteroatoms. The Balaban J connectivity index is 4.37. The first-order chi connectivity index (χ1) is 36.0. The van der Waals surface area contributed by atoms with Crippen molar-refractivity contribution in [1.82, 2.24) is 0 Å². The first-order valence-electron chi connectivity index (χ1n) is 31.8. The minimum Gasteiger partial charge on any atom is -0.462 e. The van der Waals surface area contributed by atoms with E-state index in [1.807, 2.05) is 0 Å². The quantitative estimate of drug-likeness (QED) is 0.0261. The standard InChI is InChI=1S/C67H120O6/c1-4-7-10-13-16-19-22-25-28-30-32-33-35-37-40-43-46-49-52-55-58-61-67(70)73-64(62-71-65(68)59-56-53-50-47-44-41-38-27-24-21-18-15-12-9-6-3)63-72-66(69)60-57-54-51-48-45-42-39-36-34-31-29-26-23-20-17-14-11-8-5-2/h8,11,17,20,26,29,34,36,42,45,64H,4-7,9-10,12-16,18-19,21-25,27-28,30-33,35,37-41,43-44,46-63H2,1-3H3/b11-8-,20-17-,29-26-,36-34-,45-42-/t64-/m0/s1. The third kappa shape index (κ3) is 59.9. The highest BCUT2D eigenvalue weighted by Gasteiger charge is 2.19. The molecule has 0 aliphatic rings. The van der Waals surface area contributed by atoms with Crippen LogP contribution in [-0.4, -0.2) is 37.2 Å². The van der Waals surface area contributed by atoms with Gasteiger partial charge in [0, 0.05) is 19.3 Å². The van der Waals surface area contributed by atoms with E-state index >= 15 is 0 Å². The molecule has 0 spiro atoms. The van der Waals surface area contributed by atoms with Crippen molar-refractivity contribution in [2.45, 2.75) is 335 Å². The van der Waals surface area contributed by atoms with E-state index in [0.29, 0.717) is 19.3 Å². The maximum atomic E-state index is 12.9. The second-order valence-corrected chi connectivity index (χ2v) is 21.3. The molecule has 0 bridgehead atoms. The Hall–Kier alpha value is -2.89. The van der Waals surface area contributed by atoms with Gasteiger partial charge in [0.2, 0.25) is 0 Å². The lowest BCUT2D eigenvalue weighted by Crippen LogP contribution is -2.30. The van der Waals surface area contributed by atoms with Crippen LogP contribution in [0.15, 0.2) is 60.8 Å². The Labute approximate surface area is 453 Å². The van der Waals surface area contributed by atoms with Gasteiger partial charge in [-0.3, -0.25) is 14.4 Å². The van der Waals surface area contributed by atoms with E-state index in [2.05, 4.69) is 81.5 Å². The van der Waals surface area contributed by atoms with Gasteiger partial charge < -0.3 is 14.2 Å². The summed E-state index contributed by atoms with van der Waals surface area (Å²) in [4.78, 5) is 38.3. The maximum Gasteiger partial charge on any atom is 0.306 e. The van der Waals surface area contributed by atoms with Crippen molar-refractivity contribution in [3.63, 3.8) is 0 Å². The average molecular weight is 1020 g/mol. The molecule has 0 saturated heterocycles. The van der Waals surface area contributed by atoms with Crippen molar-refractivity contribution in [3.8, 4) is 0 Å². The minimum atomic E-state index is -0.785. The number of ether oxygens (including phenoxy) is 3. The topological polar surface area (TPSA) is 78.9 Å². The van der Waals surface area contributed by atoms with Gasteiger partial charge >= 0.3 is 17.9 Å². The van der Waals surface area contributed by atoms with E-state index in [4.69, 9.17) is 14.2 Å². The van der Waals surface area contributed by atoms with Crippen molar-refractivity contribution in [2.75, 3.05) is 13.2 Å². The van der Waals surface area contributed by atoms with Crippen molar-refractivity contribution in [1.29, 1.82) is 0 Å². The molecule has 0 aliphatic heterocycles. The van der Waals surface area contributed by atoms with Gasteiger partial charge in [-0.1, -0.05) is 306 Å². The number of hydrogen-bond acceptors (Lipinski definition) is 6. The Morgan fingerprint density at radius 1 is 0.288 bits per heavy atom. The molecule has 424 valence electrons. The molecular weight excluding hydrogens is 901 g/mol. The van der Waals surface area contributed by atoms with Crippen LogP contribution in [0.4, 0.5) is 0 Å². The molecule has 0 aliphatic carbocycles. The summed E-state index contributed by atoms with van der Waals surface area (Å²) < 4.78 is 16.9. The fourth-order valence-corrected chi connectivity index (χ4v) is 9.30. The lowest BCUT2D eigenvalue weighted by atomic mass is 10.0. The van der Waals surface area contributed by atoms with Crippen LogP contribution in [0.3, 0.4) is 0 Å². The summed E-state index contributed by atoms with van der Waals surface area (Å²) >= 11 is 0. The van der Waals surface area contributed by atoms with Crippen LogP contribution in [-0.2, 0) is 28.6 Å². The molecule has 0 saturated carbocycles. The fraction of sp³-hybridized carbons (Fsp3) is 0.806. The molecule has 0 aromatic carbocycles. The van der Waals surface area contributed by atoms with E-state index in [0.717, 1.165) is 96.3 Å². The summed E-state index contributed by atoms with van der Waals surface area (Å²) in [5.74, 6) is -0.893. The number of carbonyl (C=O) groups is 3. The molecular formula is C67H120O6.